The topological polar surface area (TPSA) is 158 Å². The fourth-order valence-electron chi connectivity index (χ4n) is 7.99. The van der Waals surface area contributed by atoms with Crippen molar-refractivity contribution in [2.45, 2.75) is 149 Å². The first-order chi connectivity index (χ1) is 26.8. The number of fused-ring (bicyclic) bond motifs is 2. The summed E-state index contributed by atoms with van der Waals surface area (Å²) in [6.45, 7) is 14.0. The smallest absolute Gasteiger partial charge is 0.329 e. The van der Waals surface area contributed by atoms with E-state index in [1.165, 1.54) is 16.8 Å². The number of hydrogen-bond acceptors (Lipinski definition) is 10. The summed E-state index contributed by atoms with van der Waals surface area (Å²) in [5.74, 6) is -0.817. The number of hydrogen-bond donors (Lipinski definition) is 2. The normalized spacial score (nSPS) is 30.2. The number of carbonyl (C=O) groups is 5. The lowest BCUT2D eigenvalue weighted by Crippen LogP contribution is -2.59. The molecule has 1 aromatic rings. The number of thioether (sulfide) groups is 1. The van der Waals surface area contributed by atoms with Crippen LogP contribution >= 0.6 is 11.8 Å². The fraction of sp³-hybridized carbons (Fsp3) is 0.721. The Bertz CT molecular complexity index is 1600. The first kappa shape index (κ1) is 46.0. The Morgan fingerprint density at radius 1 is 1.00 bits per heavy atom. The summed E-state index contributed by atoms with van der Waals surface area (Å²) >= 11 is 1.59. The van der Waals surface area contributed by atoms with Gasteiger partial charge in [-0.25, -0.2) is 4.79 Å². The zero-order valence-electron chi connectivity index (χ0n) is 35.8. The van der Waals surface area contributed by atoms with Gasteiger partial charge in [0.2, 0.25) is 23.6 Å². The molecule has 318 valence electrons. The van der Waals surface area contributed by atoms with Crippen LogP contribution in [0.4, 0.5) is 0 Å². The van der Waals surface area contributed by atoms with Crippen molar-refractivity contribution in [3.63, 3.8) is 0 Å². The second-order valence-electron chi connectivity index (χ2n) is 17.5. The monoisotopic (exact) mass is 813 g/mol. The summed E-state index contributed by atoms with van der Waals surface area (Å²) in [7, 11) is 4.69. The Morgan fingerprint density at radius 2 is 1.68 bits per heavy atom. The van der Waals surface area contributed by atoms with Crippen LogP contribution in [0.5, 0.6) is 5.75 Å². The number of likely N-dealkylation sites (N-methyl/N-ethyl adjacent to an activating group) is 2. The number of aliphatic hydroxyl groups excluding tert-OH is 1. The Morgan fingerprint density at radius 3 is 2.32 bits per heavy atom. The molecular formula is C43H67N5O8S. The van der Waals surface area contributed by atoms with Crippen molar-refractivity contribution < 1.29 is 38.6 Å². The summed E-state index contributed by atoms with van der Waals surface area (Å²) in [4.78, 5) is 79.7. The lowest BCUT2D eigenvalue weighted by atomic mass is 9.82. The van der Waals surface area contributed by atoms with E-state index in [9.17, 15) is 29.1 Å². The fourth-order valence-corrected chi connectivity index (χ4v) is 9.15. The Kier molecular flexibility index (Phi) is 16.4. The van der Waals surface area contributed by atoms with Crippen molar-refractivity contribution in [2.24, 2.45) is 22.2 Å². The zero-order chi connectivity index (χ0) is 42.2. The van der Waals surface area contributed by atoms with E-state index >= 15 is 0 Å². The maximum atomic E-state index is 14.5. The van der Waals surface area contributed by atoms with Crippen LogP contribution in [0, 0.1) is 17.3 Å². The van der Waals surface area contributed by atoms with Crippen molar-refractivity contribution >= 4 is 46.4 Å². The number of rotatable bonds is 5. The molecule has 9 atom stereocenters. The van der Waals surface area contributed by atoms with Gasteiger partial charge in [-0.2, -0.15) is 0 Å². The standard InChI is InChI=1S/C43H67N5O8S/c1-11-27(3)38-41(53)48-20-12-13-34(48)42(54)56-35(43(5,6)7)22-26(2)21-31(49)24-37-44-30(25-57-37)16-19-36(50)45-33(23-29-14-17-32(55-10)18-15-29)40(52)46(8)28(4)39(51)47(38)9/h14-15,17-18,26-28,30-31,33-35,38,49H,11-13,16,19-25H2,1-10H3,(H,45,50)/t26-,27-,28-,30-,31-,33-,34+,35-,38-/m0/s1. The number of aliphatic hydroxyl groups is 1. The van der Waals surface area contributed by atoms with E-state index < -0.39 is 59.6 Å². The molecule has 4 amide bonds. The number of nitrogens with one attached hydrogen (secondary N) is 1. The summed E-state index contributed by atoms with van der Waals surface area (Å²) in [5.41, 5.74) is 0.406. The molecule has 3 aliphatic rings. The van der Waals surface area contributed by atoms with Crippen molar-refractivity contribution in [3.05, 3.63) is 29.8 Å². The highest BCUT2D eigenvalue weighted by Crippen LogP contribution is 2.33. The van der Waals surface area contributed by atoms with E-state index in [-0.39, 0.29) is 42.5 Å². The highest BCUT2D eigenvalue weighted by Gasteiger charge is 2.44. The molecule has 0 aromatic heterocycles. The molecule has 4 rings (SSSR count). The van der Waals surface area contributed by atoms with E-state index in [1.807, 2.05) is 53.7 Å². The second-order valence-corrected chi connectivity index (χ2v) is 18.6. The van der Waals surface area contributed by atoms with Crippen molar-refractivity contribution in [3.8, 4) is 5.75 Å². The average molecular weight is 814 g/mol. The maximum Gasteiger partial charge on any atom is 0.329 e. The number of amides is 4. The first-order valence-corrected chi connectivity index (χ1v) is 21.7. The van der Waals surface area contributed by atoms with E-state index in [4.69, 9.17) is 14.5 Å². The molecule has 1 fully saturated rings. The van der Waals surface area contributed by atoms with E-state index in [0.717, 1.165) is 10.6 Å². The Balaban J connectivity index is 1.67. The second kappa shape index (κ2) is 20.4. The molecule has 3 heterocycles. The number of esters is 1. The zero-order valence-corrected chi connectivity index (χ0v) is 36.6. The molecule has 1 saturated heterocycles. The number of cyclic esters (lactones) is 1. The van der Waals surface area contributed by atoms with Gasteiger partial charge >= 0.3 is 5.97 Å². The minimum Gasteiger partial charge on any atom is -0.497 e. The van der Waals surface area contributed by atoms with Gasteiger partial charge < -0.3 is 34.6 Å². The number of benzene rings is 1. The van der Waals surface area contributed by atoms with Gasteiger partial charge in [0.25, 0.3) is 0 Å². The molecule has 14 heteroatoms. The van der Waals surface area contributed by atoms with Crippen LogP contribution < -0.4 is 10.1 Å². The van der Waals surface area contributed by atoms with E-state index in [1.54, 1.807) is 49.9 Å². The van der Waals surface area contributed by atoms with Crippen LogP contribution in [0.3, 0.4) is 0 Å². The van der Waals surface area contributed by atoms with Crippen LogP contribution in [0.1, 0.15) is 105 Å². The SMILES string of the molecule is CC[C@H](C)[C@H]1C(=O)N2CCC[C@@H]2C(=O)O[C@H](C(C)(C)C)C[C@@H](C)C[C@H](O)CC2=N[C@@H](CCC(=O)N[C@@H](Cc3ccc(OC)cc3)C(=O)N(C)[C@@H](C)C(=O)N1C)CS2. The van der Waals surface area contributed by atoms with Crippen LogP contribution in [0.15, 0.2) is 29.3 Å². The van der Waals surface area contributed by atoms with Gasteiger partial charge in [0.15, 0.2) is 0 Å². The molecule has 3 aliphatic heterocycles. The number of aliphatic imine (C=N–C) groups is 1. The van der Waals surface area contributed by atoms with Crippen LogP contribution in [-0.2, 0) is 35.1 Å². The van der Waals surface area contributed by atoms with Gasteiger partial charge in [0.1, 0.15) is 36.0 Å². The van der Waals surface area contributed by atoms with Crippen LogP contribution in [0.25, 0.3) is 0 Å². The summed E-state index contributed by atoms with van der Waals surface area (Å²) in [5, 5.41) is 14.9. The largest absolute Gasteiger partial charge is 0.497 e. The van der Waals surface area contributed by atoms with Gasteiger partial charge in [0.05, 0.1) is 24.3 Å². The highest BCUT2D eigenvalue weighted by atomic mass is 32.2. The quantitative estimate of drug-likeness (QED) is 0.396. The Labute approximate surface area is 344 Å². The van der Waals surface area contributed by atoms with Gasteiger partial charge in [-0.1, -0.05) is 60.1 Å². The minimum absolute atomic E-state index is 0.0300. The summed E-state index contributed by atoms with van der Waals surface area (Å²) in [6.07, 6.45) is 2.85. The number of nitrogens with zero attached hydrogens (tertiary/aromatic N) is 4. The Hall–Kier alpha value is -3.65. The van der Waals surface area contributed by atoms with Crippen molar-refractivity contribution in [2.75, 3.05) is 33.5 Å². The summed E-state index contributed by atoms with van der Waals surface area (Å²) < 4.78 is 11.6. The van der Waals surface area contributed by atoms with E-state index in [0.29, 0.717) is 63.0 Å². The number of ether oxygens (including phenoxy) is 2. The first-order valence-electron chi connectivity index (χ1n) is 20.7. The molecule has 0 unspecified atom stereocenters. The van der Waals surface area contributed by atoms with Crippen molar-refractivity contribution in [1.29, 1.82) is 0 Å². The van der Waals surface area contributed by atoms with Crippen molar-refractivity contribution in [1.82, 2.24) is 20.0 Å². The van der Waals surface area contributed by atoms with Gasteiger partial charge in [-0.05, 0) is 74.0 Å². The molecule has 0 radical (unpaired) electrons. The maximum absolute atomic E-state index is 14.5. The predicted octanol–water partition coefficient (Wildman–Crippen LogP) is 4.87. The van der Waals surface area contributed by atoms with Gasteiger partial charge in [-0.3, -0.25) is 24.2 Å². The highest BCUT2D eigenvalue weighted by molar-refractivity contribution is 8.14. The molecule has 0 aliphatic carbocycles. The molecule has 0 spiro atoms. The lowest BCUT2D eigenvalue weighted by molar-refractivity contribution is -0.166. The molecule has 0 saturated carbocycles. The van der Waals surface area contributed by atoms with Gasteiger partial charge in [0, 0.05) is 45.7 Å². The molecule has 1 aromatic carbocycles. The van der Waals surface area contributed by atoms with Gasteiger partial charge in [-0.15, -0.1) is 11.8 Å². The van der Waals surface area contributed by atoms with E-state index in [2.05, 4.69) is 5.32 Å². The molecule has 2 bridgehead atoms. The number of carbonyl (C=O) groups excluding carboxylic acids is 5. The third kappa shape index (κ3) is 12.2. The molecular weight excluding hydrogens is 747 g/mol. The third-order valence-corrected chi connectivity index (χ3v) is 13.1. The summed E-state index contributed by atoms with van der Waals surface area (Å²) in [6, 6.07) is 3.54. The van der Waals surface area contributed by atoms with Crippen LogP contribution in [-0.4, -0.2) is 130 Å². The number of methoxy groups -OCH3 is 1. The third-order valence-electron chi connectivity index (χ3n) is 11.9. The molecule has 57 heavy (non-hydrogen) atoms. The minimum atomic E-state index is -0.973. The predicted molar refractivity (Wildman–Crippen MR) is 223 cm³/mol. The van der Waals surface area contributed by atoms with Crippen LogP contribution in [0.2, 0.25) is 0 Å². The lowest BCUT2D eigenvalue weighted by Gasteiger charge is -2.39. The average Bonchev–Trinajstić information content (AvgIpc) is 3.85. The molecule has 13 nitrogen and oxygen atoms in total. The molecule has 2 N–H and O–H groups in total.